The van der Waals surface area contributed by atoms with Crippen LogP contribution in [0.15, 0.2) is 0 Å². The van der Waals surface area contributed by atoms with Gasteiger partial charge in [-0.05, 0) is 25.2 Å². The smallest absolute Gasteiger partial charge is 0.306 e. The maximum atomic E-state index is 12.5. The third-order valence-corrected chi connectivity index (χ3v) is 9.04. The second kappa shape index (κ2) is 35.7. The van der Waals surface area contributed by atoms with E-state index in [1.807, 2.05) is 0 Å². The molecule has 0 fully saturated rings. The predicted octanol–water partition coefficient (Wildman–Crippen LogP) is 12.4. The van der Waals surface area contributed by atoms with Crippen molar-refractivity contribution in [2.75, 3.05) is 13.2 Å². The first kappa shape index (κ1) is 45.4. The second-order valence-corrected chi connectivity index (χ2v) is 14.4. The molecule has 0 N–H and O–H groups in total. The molecule has 0 aromatic heterocycles. The number of carbonyl (C=O) groups is 3. The molecule has 0 saturated heterocycles. The van der Waals surface area contributed by atoms with Crippen molar-refractivity contribution in [1.82, 2.24) is 0 Å². The minimum Gasteiger partial charge on any atom is -0.462 e. The molecule has 0 spiro atoms. The molecule has 0 saturated carbocycles. The van der Waals surface area contributed by atoms with Gasteiger partial charge >= 0.3 is 17.9 Å². The van der Waals surface area contributed by atoms with Gasteiger partial charge in [-0.1, -0.05) is 182 Å². The van der Waals surface area contributed by atoms with Crippen LogP contribution in [-0.4, -0.2) is 37.2 Å². The van der Waals surface area contributed by atoms with Gasteiger partial charge in [0.1, 0.15) is 13.2 Å². The van der Waals surface area contributed by atoms with E-state index in [-0.39, 0.29) is 31.1 Å². The Bertz CT molecular complexity index is 706. The number of hydrogen-bond donors (Lipinski definition) is 0. The second-order valence-electron chi connectivity index (χ2n) is 14.4. The van der Waals surface area contributed by atoms with Crippen LogP contribution in [0.4, 0.5) is 0 Å². The molecule has 47 heavy (non-hydrogen) atoms. The van der Waals surface area contributed by atoms with Crippen LogP contribution in [0.1, 0.15) is 220 Å². The normalized spacial score (nSPS) is 11.9. The van der Waals surface area contributed by atoms with Gasteiger partial charge in [0.2, 0.25) is 0 Å². The topological polar surface area (TPSA) is 78.9 Å². The summed E-state index contributed by atoms with van der Waals surface area (Å²) in [5.41, 5.74) is 0. The van der Waals surface area contributed by atoms with E-state index in [9.17, 15) is 14.4 Å². The summed E-state index contributed by atoms with van der Waals surface area (Å²) in [4.78, 5) is 37.1. The standard InChI is InChI=1S/C41H78O6/c1-5-7-9-11-20-26-30-34-41(44)47-38(35-45-39(42)32-28-23-10-8-6-2)36-46-40(43)33-29-25-22-19-17-15-13-12-14-16-18-21-24-27-31-37(3)4/h37-38H,5-36H2,1-4H3/t38-/m0/s1. The first-order chi connectivity index (χ1) is 22.9. The first-order valence-electron chi connectivity index (χ1n) is 20.4. The minimum atomic E-state index is -0.755. The largest absolute Gasteiger partial charge is 0.462 e. The van der Waals surface area contributed by atoms with Crippen LogP contribution >= 0.6 is 0 Å². The number of esters is 3. The zero-order valence-electron chi connectivity index (χ0n) is 31.7. The number of carbonyl (C=O) groups excluding carboxylic acids is 3. The van der Waals surface area contributed by atoms with Gasteiger partial charge in [-0.15, -0.1) is 0 Å². The molecule has 0 heterocycles. The van der Waals surface area contributed by atoms with Gasteiger partial charge < -0.3 is 14.2 Å². The lowest BCUT2D eigenvalue weighted by molar-refractivity contribution is -0.167. The van der Waals surface area contributed by atoms with Crippen molar-refractivity contribution in [1.29, 1.82) is 0 Å². The average Bonchev–Trinajstić information content (AvgIpc) is 3.05. The maximum absolute atomic E-state index is 12.5. The van der Waals surface area contributed by atoms with Crippen LogP contribution in [0.5, 0.6) is 0 Å². The molecule has 0 aromatic carbocycles. The molecule has 0 aliphatic rings. The van der Waals surface area contributed by atoms with Gasteiger partial charge in [-0.3, -0.25) is 14.4 Å². The van der Waals surface area contributed by atoms with Gasteiger partial charge in [-0.25, -0.2) is 0 Å². The van der Waals surface area contributed by atoms with E-state index >= 15 is 0 Å². The molecule has 0 aliphatic heterocycles. The molecule has 0 unspecified atom stereocenters. The highest BCUT2D eigenvalue weighted by atomic mass is 16.6. The molecular formula is C41H78O6. The fourth-order valence-corrected chi connectivity index (χ4v) is 5.92. The summed E-state index contributed by atoms with van der Waals surface area (Å²) < 4.78 is 16.5. The molecule has 0 aliphatic carbocycles. The molecule has 6 nitrogen and oxygen atoms in total. The Balaban J connectivity index is 4.10. The fourth-order valence-electron chi connectivity index (χ4n) is 5.92. The maximum Gasteiger partial charge on any atom is 0.306 e. The first-order valence-corrected chi connectivity index (χ1v) is 20.4. The lowest BCUT2D eigenvalue weighted by Crippen LogP contribution is -2.30. The van der Waals surface area contributed by atoms with Gasteiger partial charge in [0.05, 0.1) is 0 Å². The molecule has 1 atom stereocenters. The lowest BCUT2D eigenvalue weighted by atomic mass is 10.0. The van der Waals surface area contributed by atoms with E-state index < -0.39 is 6.10 Å². The predicted molar refractivity (Wildman–Crippen MR) is 196 cm³/mol. The van der Waals surface area contributed by atoms with E-state index in [0.717, 1.165) is 70.1 Å². The summed E-state index contributed by atoms with van der Waals surface area (Å²) in [6.07, 6.45) is 32.7. The Morgan fingerprint density at radius 2 is 0.702 bits per heavy atom. The van der Waals surface area contributed by atoms with E-state index in [0.29, 0.717) is 19.3 Å². The lowest BCUT2D eigenvalue weighted by Gasteiger charge is -2.18. The van der Waals surface area contributed by atoms with Crippen LogP contribution < -0.4 is 0 Å². The third kappa shape index (κ3) is 35.5. The van der Waals surface area contributed by atoms with Crippen LogP contribution in [0.3, 0.4) is 0 Å². The summed E-state index contributed by atoms with van der Waals surface area (Å²) in [6.45, 7) is 8.86. The van der Waals surface area contributed by atoms with Crippen molar-refractivity contribution in [2.24, 2.45) is 5.92 Å². The third-order valence-electron chi connectivity index (χ3n) is 9.04. The van der Waals surface area contributed by atoms with Crippen molar-refractivity contribution < 1.29 is 28.6 Å². The molecule has 0 amide bonds. The number of ether oxygens (including phenoxy) is 3. The highest BCUT2D eigenvalue weighted by molar-refractivity contribution is 5.71. The van der Waals surface area contributed by atoms with Crippen molar-refractivity contribution in [3.05, 3.63) is 0 Å². The Kier molecular flexibility index (Phi) is 34.5. The average molecular weight is 667 g/mol. The highest BCUT2D eigenvalue weighted by Gasteiger charge is 2.19. The molecule has 6 heteroatoms. The Morgan fingerprint density at radius 1 is 0.404 bits per heavy atom. The summed E-state index contributed by atoms with van der Waals surface area (Å²) in [5, 5.41) is 0. The monoisotopic (exact) mass is 667 g/mol. The Hall–Kier alpha value is -1.59. The van der Waals surface area contributed by atoms with Crippen LogP contribution in [0.2, 0.25) is 0 Å². The van der Waals surface area contributed by atoms with Gasteiger partial charge in [0, 0.05) is 19.3 Å². The fraction of sp³-hybridized carbons (Fsp3) is 0.927. The van der Waals surface area contributed by atoms with Gasteiger partial charge in [0.15, 0.2) is 6.10 Å². The van der Waals surface area contributed by atoms with E-state index in [1.165, 1.54) is 109 Å². The molecule has 0 bridgehead atoms. The molecule has 0 radical (unpaired) electrons. The van der Waals surface area contributed by atoms with Crippen molar-refractivity contribution in [2.45, 2.75) is 226 Å². The van der Waals surface area contributed by atoms with Crippen LogP contribution in [-0.2, 0) is 28.6 Å². The molecule has 0 aromatic rings. The SMILES string of the molecule is CCCCCCCCCC(=O)O[C@@H](COC(=O)CCCCCCC)COC(=O)CCCCCCCCCCCCCCCCC(C)C. The zero-order valence-corrected chi connectivity index (χ0v) is 31.7. The van der Waals surface area contributed by atoms with Crippen molar-refractivity contribution >= 4 is 17.9 Å². The highest BCUT2D eigenvalue weighted by Crippen LogP contribution is 2.16. The van der Waals surface area contributed by atoms with Gasteiger partial charge in [-0.2, -0.15) is 0 Å². The van der Waals surface area contributed by atoms with Crippen LogP contribution in [0, 0.1) is 5.92 Å². The minimum absolute atomic E-state index is 0.0660. The van der Waals surface area contributed by atoms with E-state index in [2.05, 4.69) is 27.7 Å². The summed E-state index contributed by atoms with van der Waals surface area (Å²) >= 11 is 0. The Labute approximate surface area is 291 Å². The summed E-state index contributed by atoms with van der Waals surface area (Å²) in [5.74, 6) is -0.0371. The van der Waals surface area contributed by atoms with Crippen LogP contribution in [0.25, 0.3) is 0 Å². The van der Waals surface area contributed by atoms with Gasteiger partial charge in [0.25, 0.3) is 0 Å². The molecular weight excluding hydrogens is 588 g/mol. The summed E-state index contributed by atoms with van der Waals surface area (Å²) in [7, 11) is 0. The number of rotatable bonds is 36. The van der Waals surface area contributed by atoms with Crippen molar-refractivity contribution in [3.8, 4) is 0 Å². The molecule has 0 rings (SSSR count). The summed E-state index contributed by atoms with van der Waals surface area (Å²) in [6, 6.07) is 0. The Morgan fingerprint density at radius 3 is 1.04 bits per heavy atom. The van der Waals surface area contributed by atoms with E-state index in [1.54, 1.807) is 0 Å². The number of unbranched alkanes of at least 4 members (excludes halogenated alkanes) is 23. The quantitative estimate of drug-likeness (QED) is 0.0376. The number of hydrogen-bond acceptors (Lipinski definition) is 6. The zero-order chi connectivity index (χ0) is 34.6. The van der Waals surface area contributed by atoms with E-state index in [4.69, 9.17) is 14.2 Å². The van der Waals surface area contributed by atoms with Crippen molar-refractivity contribution in [3.63, 3.8) is 0 Å². The molecule has 278 valence electrons.